The van der Waals surface area contributed by atoms with Crippen LogP contribution < -0.4 is 10.2 Å². The molecule has 108 valence electrons. The molecule has 1 aliphatic heterocycles. The minimum absolute atomic E-state index is 0.0436. The van der Waals surface area contributed by atoms with Gasteiger partial charge in [0.05, 0.1) is 18.7 Å². The molecule has 0 saturated heterocycles. The van der Waals surface area contributed by atoms with Gasteiger partial charge in [-0.05, 0) is 31.5 Å². The molecule has 1 atom stereocenters. The van der Waals surface area contributed by atoms with Crippen molar-refractivity contribution in [2.24, 2.45) is 4.99 Å². The maximum atomic E-state index is 12.8. The van der Waals surface area contributed by atoms with E-state index in [2.05, 4.69) is 16.9 Å². The topological polar surface area (TPSA) is 54.5 Å². The molecule has 1 aromatic heterocycles. The Morgan fingerprint density at radius 2 is 2.00 bits per heavy atom. The lowest BCUT2D eigenvalue weighted by molar-refractivity contribution is 0.415. The summed E-state index contributed by atoms with van der Waals surface area (Å²) in [5.74, 6) is 0.778. The standard InChI is InChI=1S/C17H18N2O2/c1-10-8-15-16(11(2)19-10)17(20)14(9-18-15)12-4-6-13(21-3)7-5-12/h4-7,9-10H,8H2,1-3H3,(H,18,20). The molecular formula is C17H18N2O2. The molecule has 4 heteroatoms. The van der Waals surface area contributed by atoms with Crippen LogP contribution in [0.5, 0.6) is 5.75 Å². The largest absolute Gasteiger partial charge is 0.497 e. The van der Waals surface area contributed by atoms with Crippen LogP contribution in [-0.4, -0.2) is 23.8 Å². The molecule has 1 aromatic carbocycles. The summed E-state index contributed by atoms with van der Waals surface area (Å²) < 4.78 is 5.15. The van der Waals surface area contributed by atoms with E-state index in [0.29, 0.717) is 5.56 Å². The number of pyridine rings is 1. The molecule has 2 aromatic rings. The zero-order chi connectivity index (χ0) is 15.0. The molecule has 0 amide bonds. The highest BCUT2D eigenvalue weighted by atomic mass is 16.5. The predicted molar refractivity (Wildman–Crippen MR) is 84.4 cm³/mol. The Kier molecular flexibility index (Phi) is 3.37. The van der Waals surface area contributed by atoms with Crippen molar-refractivity contribution in [2.75, 3.05) is 7.11 Å². The Bertz CT molecular complexity index is 757. The first-order valence-corrected chi connectivity index (χ1v) is 7.04. The summed E-state index contributed by atoms with van der Waals surface area (Å²) in [6, 6.07) is 7.73. The van der Waals surface area contributed by atoms with Gasteiger partial charge < -0.3 is 9.72 Å². The Morgan fingerprint density at radius 3 is 2.67 bits per heavy atom. The van der Waals surface area contributed by atoms with Crippen LogP contribution in [0.15, 0.2) is 40.2 Å². The Morgan fingerprint density at radius 1 is 1.29 bits per heavy atom. The van der Waals surface area contributed by atoms with Crippen molar-refractivity contribution < 1.29 is 4.74 Å². The summed E-state index contributed by atoms with van der Waals surface area (Å²) in [6.07, 6.45) is 2.58. The molecule has 3 rings (SSSR count). The first-order chi connectivity index (χ1) is 10.1. The summed E-state index contributed by atoms with van der Waals surface area (Å²) in [5.41, 5.74) is 4.12. The molecule has 0 fully saturated rings. The van der Waals surface area contributed by atoms with Crippen molar-refractivity contribution in [2.45, 2.75) is 26.3 Å². The number of H-pyrrole nitrogens is 1. The normalized spacial score (nSPS) is 17.1. The summed E-state index contributed by atoms with van der Waals surface area (Å²) >= 11 is 0. The van der Waals surface area contributed by atoms with Gasteiger partial charge in [0.1, 0.15) is 5.75 Å². The van der Waals surface area contributed by atoms with Gasteiger partial charge in [-0.25, -0.2) is 0 Å². The maximum absolute atomic E-state index is 12.8. The molecule has 0 saturated carbocycles. The second kappa shape index (κ2) is 5.20. The van der Waals surface area contributed by atoms with Crippen molar-refractivity contribution in [1.29, 1.82) is 0 Å². The fraction of sp³-hybridized carbons (Fsp3) is 0.294. The van der Waals surface area contributed by atoms with Crippen LogP contribution in [-0.2, 0) is 6.42 Å². The van der Waals surface area contributed by atoms with E-state index >= 15 is 0 Å². The molecular weight excluding hydrogens is 264 g/mol. The third-order valence-electron chi connectivity index (χ3n) is 3.84. The number of hydrogen-bond acceptors (Lipinski definition) is 3. The van der Waals surface area contributed by atoms with Gasteiger partial charge in [-0.2, -0.15) is 0 Å². The smallest absolute Gasteiger partial charge is 0.198 e. The molecule has 4 nitrogen and oxygen atoms in total. The fourth-order valence-corrected chi connectivity index (χ4v) is 2.83. The number of methoxy groups -OCH3 is 1. The molecule has 0 aliphatic carbocycles. The van der Waals surface area contributed by atoms with E-state index in [9.17, 15) is 4.79 Å². The number of nitrogens with one attached hydrogen (secondary N) is 1. The van der Waals surface area contributed by atoms with Gasteiger partial charge in [-0.3, -0.25) is 9.79 Å². The molecule has 0 radical (unpaired) electrons. The quantitative estimate of drug-likeness (QED) is 0.920. The van der Waals surface area contributed by atoms with E-state index in [1.807, 2.05) is 31.2 Å². The van der Waals surface area contributed by atoms with Gasteiger partial charge in [0.15, 0.2) is 5.43 Å². The second-order valence-corrected chi connectivity index (χ2v) is 5.38. The minimum atomic E-state index is 0.0436. The van der Waals surface area contributed by atoms with E-state index in [1.165, 1.54) is 0 Å². The number of benzene rings is 1. The van der Waals surface area contributed by atoms with E-state index in [0.717, 1.165) is 34.7 Å². The Hall–Kier alpha value is -2.36. The molecule has 1 aliphatic rings. The van der Waals surface area contributed by atoms with Crippen LogP contribution in [0.1, 0.15) is 25.1 Å². The van der Waals surface area contributed by atoms with Crippen LogP contribution in [0.2, 0.25) is 0 Å². The van der Waals surface area contributed by atoms with Crippen LogP contribution in [0.3, 0.4) is 0 Å². The van der Waals surface area contributed by atoms with Crippen molar-refractivity contribution in [3.8, 4) is 16.9 Å². The number of nitrogens with zero attached hydrogens (tertiary/aromatic N) is 1. The van der Waals surface area contributed by atoms with Crippen LogP contribution >= 0.6 is 0 Å². The average molecular weight is 282 g/mol. The first kappa shape index (κ1) is 13.6. The summed E-state index contributed by atoms with van der Waals surface area (Å²) in [6.45, 7) is 3.96. The summed E-state index contributed by atoms with van der Waals surface area (Å²) in [7, 11) is 1.63. The lowest BCUT2D eigenvalue weighted by atomic mass is 9.96. The second-order valence-electron chi connectivity index (χ2n) is 5.38. The van der Waals surface area contributed by atoms with Gasteiger partial charge in [0, 0.05) is 29.6 Å². The van der Waals surface area contributed by atoms with Gasteiger partial charge in [-0.15, -0.1) is 0 Å². The summed E-state index contributed by atoms with van der Waals surface area (Å²) in [5, 5.41) is 0. The number of ether oxygens (including phenoxy) is 1. The van der Waals surface area contributed by atoms with Gasteiger partial charge in [-0.1, -0.05) is 12.1 Å². The zero-order valence-electron chi connectivity index (χ0n) is 12.4. The van der Waals surface area contributed by atoms with Gasteiger partial charge >= 0.3 is 0 Å². The Labute approximate surface area is 123 Å². The number of aliphatic imine (C=N–C) groups is 1. The summed E-state index contributed by atoms with van der Waals surface area (Å²) in [4.78, 5) is 20.6. The molecule has 1 unspecified atom stereocenters. The third kappa shape index (κ3) is 2.37. The zero-order valence-corrected chi connectivity index (χ0v) is 12.4. The minimum Gasteiger partial charge on any atom is -0.497 e. The number of aromatic amines is 1. The first-order valence-electron chi connectivity index (χ1n) is 7.04. The lowest BCUT2D eigenvalue weighted by Gasteiger charge is -2.19. The monoisotopic (exact) mass is 282 g/mol. The number of hydrogen-bond donors (Lipinski definition) is 1. The number of fused-ring (bicyclic) bond motifs is 1. The fourth-order valence-electron chi connectivity index (χ4n) is 2.83. The Balaban J connectivity index is 2.13. The van der Waals surface area contributed by atoms with E-state index in [4.69, 9.17) is 4.74 Å². The van der Waals surface area contributed by atoms with Gasteiger partial charge in [0.25, 0.3) is 0 Å². The highest BCUT2D eigenvalue weighted by Gasteiger charge is 2.21. The molecule has 21 heavy (non-hydrogen) atoms. The van der Waals surface area contributed by atoms with E-state index < -0.39 is 0 Å². The van der Waals surface area contributed by atoms with Crippen molar-refractivity contribution >= 4 is 5.71 Å². The number of aromatic nitrogens is 1. The average Bonchev–Trinajstić information content (AvgIpc) is 2.47. The van der Waals surface area contributed by atoms with Crippen molar-refractivity contribution in [1.82, 2.24) is 4.98 Å². The lowest BCUT2D eigenvalue weighted by Crippen LogP contribution is -2.26. The van der Waals surface area contributed by atoms with Gasteiger partial charge in [0.2, 0.25) is 0 Å². The SMILES string of the molecule is COc1ccc(-c2c[nH]c3c(c2=O)C(C)=NC(C)C3)cc1. The molecule has 0 bridgehead atoms. The highest BCUT2D eigenvalue weighted by Crippen LogP contribution is 2.22. The van der Waals surface area contributed by atoms with Crippen molar-refractivity contribution in [3.05, 3.63) is 51.9 Å². The van der Waals surface area contributed by atoms with Crippen molar-refractivity contribution in [3.63, 3.8) is 0 Å². The maximum Gasteiger partial charge on any atom is 0.198 e. The molecule has 1 N–H and O–H groups in total. The van der Waals surface area contributed by atoms with E-state index in [-0.39, 0.29) is 11.5 Å². The third-order valence-corrected chi connectivity index (χ3v) is 3.84. The van der Waals surface area contributed by atoms with Crippen LogP contribution in [0.4, 0.5) is 0 Å². The van der Waals surface area contributed by atoms with E-state index in [1.54, 1.807) is 13.3 Å². The number of rotatable bonds is 2. The highest BCUT2D eigenvalue weighted by molar-refractivity contribution is 6.01. The van der Waals surface area contributed by atoms with Crippen LogP contribution in [0, 0.1) is 0 Å². The molecule has 2 heterocycles. The predicted octanol–water partition coefficient (Wildman–Crippen LogP) is 2.80. The van der Waals surface area contributed by atoms with Crippen LogP contribution in [0.25, 0.3) is 11.1 Å². The molecule has 0 spiro atoms.